The van der Waals surface area contributed by atoms with E-state index in [1.807, 2.05) is 0 Å². The molecular weight excluding hydrogens is 188 g/mol. The van der Waals surface area contributed by atoms with Gasteiger partial charge < -0.3 is 23.7 Å². The zero-order valence-electron chi connectivity index (χ0n) is 9.06. The van der Waals surface area contributed by atoms with Gasteiger partial charge in [0.2, 0.25) is 0 Å². The molecule has 0 bridgehead atoms. The van der Waals surface area contributed by atoms with Crippen molar-refractivity contribution in [3.63, 3.8) is 0 Å². The predicted molar refractivity (Wildman–Crippen MR) is 49.1 cm³/mol. The van der Waals surface area contributed by atoms with Crippen LogP contribution in [-0.4, -0.2) is 59.6 Å². The highest BCUT2D eigenvalue weighted by molar-refractivity contribution is 4.85. The molecule has 5 heteroatoms. The van der Waals surface area contributed by atoms with Crippen LogP contribution >= 0.6 is 0 Å². The summed E-state index contributed by atoms with van der Waals surface area (Å²) in [6.45, 7) is 0.452. The van der Waals surface area contributed by atoms with Gasteiger partial charge in [0.25, 0.3) is 0 Å². The smallest absolute Gasteiger partial charge is 0.186 e. The first-order valence-electron chi connectivity index (χ1n) is 4.51. The first-order valence-corrected chi connectivity index (χ1v) is 4.51. The van der Waals surface area contributed by atoms with Crippen LogP contribution < -0.4 is 0 Å². The average Bonchev–Trinajstić information content (AvgIpc) is 2.26. The summed E-state index contributed by atoms with van der Waals surface area (Å²) < 4.78 is 26.4. The Bertz CT molecular complexity index is 145. The number of rotatable bonds is 4. The molecule has 1 unspecified atom stereocenters. The highest BCUT2D eigenvalue weighted by Crippen LogP contribution is 2.22. The van der Waals surface area contributed by atoms with Gasteiger partial charge in [0, 0.05) is 28.4 Å². The van der Waals surface area contributed by atoms with Gasteiger partial charge in [-0.25, -0.2) is 0 Å². The number of hydrogen-bond acceptors (Lipinski definition) is 5. The van der Waals surface area contributed by atoms with Crippen LogP contribution in [0.25, 0.3) is 0 Å². The molecule has 0 aromatic rings. The highest BCUT2D eigenvalue weighted by atomic mass is 16.7. The first-order chi connectivity index (χ1) is 6.78. The molecule has 0 aromatic carbocycles. The monoisotopic (exact) mass is 206 g/mol. The van der Waals surface area contributed by atoms with Gasteiger partial charge in [-0.2, -0.15) is 0 Å². The molecule has 84 valence electrons. The summed E-state index contributed by atoms with van der Waals surface area (Å²) in [5.74, 6) is 0. The largest absolute Gasteiger partial charge is 0.376 e. The summed E-state index contributed by atoms with van der Waals surface area (Å²) in [4.78, 5) is 0. The summed E-state index contributed by atoms with van der Waals surface area (Å²) in [6.07, 6.45) is -0.930. The summed E-state index contributed by atoms with van der Waals surface area (Å²) >= 11 is 0. The maximum Gasteiger partial charge on any atom is 0.186 e. The van der Waals surface area contributed by atoms with Gasteiger partial charge in [0.15, 0.2) is 6.29 Å². The zero-order valence-corrected chi connectivity index (χ0v) is 9.06. The lowest BCUT2D eigenvalue weighted by atomic mass is 10.0. The van der Waals surface area contributed by atoms with Crippen LogP contribution in [0.1, 0.15) is 0 Å². The quantitative estimate of drug-likeness (QED) is 0.649. The fraction of sp³-hybridized carbons (Fsp3) is 1.00. The second kappa shape index (κ2) is 5.63. The molecule has 1 fully saturated rings. The standard InChI is InChI=1S/C9H18O5/c1-10-6-5-14-9(13-4)8(12-3)7(6)11-2/h6-9H,5H2,1-4H3/t6-,7+,8?,9+/m0/s1. The SMILES string of the molecule is COC1[C@H](OC)OC[C@H](OC)[C@H]1OC. The number of ether oxygens (including phenoxy) is 5. The lowest BCUT2D eigenvalue weighted by Gasteiger charge is -2.39. The first kappa shape index (κ1) is 11.9. The minimum atomic E-state index is -0.392. The summed E-state index contributed by atoms with van der Waals surface area (Å²) in [6, 6.07) is 0. The maximum absolute atomic E-state index is 5.41. The second-order valence-corrected chi connectivity index (χ2v) is 3.11. The molecule has 1 aliphatic rings. The number of hydrogen-bond donors (Lipinski definition) is 0. The van der Waals surface area contributed by atoms with E-state index < -0.39 is 6.29 Å². The molecule has 4 atom stereocenters. The predicted octanol–water partition coefficient (Wildman–Crippen LogP) is 0.0341. The molecule has 0 saturated carbocycles. The minimum Gasteiger partial charge on any atom is -0.376 e. The van der Waals surface area contributed by atoms with E-state index in [4.69, 9.17) is 23.7 Å². The molecule has 1 heterocycles. The Morgan fingerprint density at radius 2 is 1.50 bits per heavy atom. The Morgan fingerprint density at radius 1 is 0.857 bits per heavy atom. The number of methoxy groups -OCH3 is 4. The molecule has 0 aromatic heterocycles. The molecule has 5 nitrogen and oxygen atoms in total. The Labute approximate surface area is 84.2 Å². The molecule has 0 aliphatic carbocycles. The van der Waals surface area contributed by atoms with Gasteiger partial charge in [0.05, 0.1) is 6.61 Å². The van der Waals surface area contributed by atoms with Crippen LogP contribution in [0.5, 0.6) is 0 Å². The van der Waals surface area contributed by atoms with E-state index in [0.29, 0.717) is 6.61 Å². The van der Waals surface area contributed by atoms with E-state index in [1.54, 1.807) is 28.4 Å². The third kappa shape index (κ3) is 2.24. The van der Waals surface area contributed by atoms with Gasteiger partial charge >= 0.3 is 0 Å². The van der Waals surface area contributed by atoms with Crippen molar-refractivity contribution in [1.29, 1.82) is 0 Å². The molecule has 14 heavy (non-hydrogen) atoms. The normalized spacial score (nSPS) is 38.6. The molecule has 1 saturated heterocycles. The Hall–Kier alpha value is -0.200. The molecule has 1 aliphatic heterocycles. The summed E-state index contributed by atoms with van der Waals surface area (Å²) in [5.41, 5.74) is 0. The second-order valence-electron chi connectivity index (χ2n) is 3.11. The van der Waals surface area contributed by atoms with Crippen LogP contribution in [0.4, 0.5) is 0 Å². The van der Waals surface area contributed by atoms with E-state index in [9.17, 15) is 0 Å². The molecular formula is C9H18O5. The topological polar surface area (TPSA) is 46.2 Å². The van der Waals surface area contributed by atoms with E-state index >= 15 is 0 Å². The third-order valence-electron chi connectivity index (χ3n) is 2.46. The zero-order chi connectivity index (χ0) is 10.6. The fourth-order valence-corrected chi connectivity index (χ4v) is 1.68. The van der Waals surface area contributed by atoms with Crippen LogP contribution in [0.2, 0.25) is 0 Å². The van der Waals surface area contributed by atoms with Crippen LogP contribution in [0.15, 0.2) is 0 Å². The maximum atomic E-state index is 5.41. The van der Waals surface area contributed by atoms with Crippen molar-refractivity contribution in [1.82, 2.24) is 0 Å². The van der Waals surface area contributed by atoms with Crippen molar-refractivity contribution >= 4 is 0 Å². The highest BCUT2D eigenvalue weighted by Gasteiger charge is 2.41. The third-order valence-corrected chi connectivity index (χ3v) is 2.46. The molecule has 0 radical (unpaired) electrons. The average molecular weight is 206 g/mol. The fourth-order valence-electron chi connectivity index (χ4n) is 1.68. The van der Waals surface area contributed by atoms with Crippen LogP contribution in [0.3, 0.4) is 0 Å². The Kier molecular flexibility index (Phi) is 4.77. The lowest BCUT2D eigenvalue weighted by molar-refractivity contribution is -0.276. The van der Waals surface area contributed by atoms with Crippen molar-refractivity contribution in [2.24, 2.45) is 0 Å². The van der Waals surface area contributed by atoms with E-state index in [1.165, 1.54) is 0 Å². The Morgan fingerprint density at radius 3 is 1.93 bits per heavy atom. The van der Waals surface area contributed by atoms with Gasteiger partial charge in [-0.1, -0.05) is 0 Å². The van der Waals surface area contributed by atoms with E-state index in [2.05, 4.69) is 0 Å². The summed E-state index contributed by atoms with van der Waals surface area (Å²) in [7, 11) is 6.43. The van der Waals surface area contributed by atoms with Gasteiger partial charge in [-0.3, -0.25) is 0 Å². The van der Waals surface area contributed by atoms with Gasteiger partial charge in [-0.05, 0) is 0 Å². The van der Waals surface area contributed by atoms with Crippen molar-refractivity contribution < 1.29 is 23.7 Å². The molecule has 0 spiro atoms. The van der Waals surface area contributed by atoms with Gasteiger partial charge in [-0.15, -0.1) is 0 Å². The molecule has 1 rings (SSSR count). The van der Waals surface area contributed by atoms with E-state index in [-0.39, 0.29) is 18.3 Å². The van der Waals surface area contributed by atoms with Crippen molar-refractivity contribution in [3.8, 4) is 0 Å². The van der Waals surface area contributed by atoms with Crippen molar-refractivity contribution in [2.75, 3.05) is 35.0 Å². The summed E-state index contributed by atoms with van der Waals surface area (Å²) in [5, 5.41) is 0. The van der Waals surface area contributed by atoms with Crippen molar-refractivity contribution in [2.45, 2.75) is 24.6 Å². The Balaban J connectivity index is 2.67. The van der Waals surface area contributed by atoms with Crippen molar-refractivity contribution in [3.05, 3.63) is 0 Å². The van der Waals surface area contributed by atoms with Crippen LogP contribution in [0, 0.1) is 0 Å². The molecule has 0 N–H and O–H groups in total. The van der Waals surface area contributed by atoms with Crippen LogP contribution in [-0.2, 0) is 23.7 Å². The van der Waals surface area contributed by atoms with Gasteiger partial charge in [0.1, 0.15) is 18.3 Å². The lowest BCUT2D eigenvalue weighted by Crippen LogP contribution is -2.55. The molecule has 0 amide bonds. The van der Waals surface area contributed by atoms with E-state index in [0.717, 1.165) is 0 Å². The minimum absolute atomic E-state index is 0.114.